The van der Waals surface area contributed by atoms with Gasteiger partial charge >= 0.3 is 5.51 Å². The van der Waals surface area contributed by atoms with E-state index in [0.717, 1.165) is 5.56 Å². The van der Waals surface area contributed by atoms with E-state index >= 15 is 0 Å². The Kier molecular flexibility index (Phi) is 6.14. The van der Waals surface area contributed by atoms with Gasteiger partial charge in [-0.15, -0.1) is 0 Å². The Morgan fingerprint density at radius 2 is 1.47 bits per heavy atom. The average molecular weight is 456 g/mol. The van der Waals surface area contributed by atoms with Gasteiger partial charge in [0.05, 0.1) is 18.3 Å². The Balaban J connectivity index is 1.80. The zero-order chi connectivity index (χ0) is 22.7. The summed E-state index contributed by atoms with van der Waals surface area (Å²) in [5.41, 5.74) is -2.11. The molecule has 0 aliphatic rings. The zero-order valence-electron chi connectivity index (χ0n) is 16.5. The lowest BCUT2D eigenvalue weighted by Gasteiger charge is -2.13. The van der Waals surface area contributed by atoms with Crippen LogP contribution in [0.4, 0.5) is 17.6 Å². The monoisotopic (exact) mass is 456 g/mol. The maximum absolute atomic E-state index is 13.5. The van der Waals surface area contributed by atoms with E-state index in [9.17, 15) is 22.4 Å². The highest BCUT2D eigenvalue weighted by Crippen LogP contribution is 2.38. The van der Waals surface area contributed by atoms with Gasteiger partial charge in [-0.1, -0.05) is 54.6 Å². The second kappa shape index (κ2) is 9.00. The van der Waals surface area contributed by atoms with Crippen LogP contribution in [0.3, 0.4) is 0 Å². The summed E-state index contributed by atoms with van der Waals surface area (Å²) < 4.78 is 52.7. The summed E-state index contributed by atoms with van der Waals surface area (Å²) in [6.45, 7) is 0.245. The molecule has 0 aliphatic carbocycles. The molecule has 4 rings (SSSR count). The SMILES string of the molecule is O=c1c(-c2ccc(F)cc2)c(-c2ccc(SC(F)(F)F)cc2)cnn1Cc1ccccc1. The van der Waals surface area contributed by atoms with Crippen LogP contribution in [0.25, 0.3) is 22.3 Å². The van der Waals surface area contributed by atoms with Crippen molar-refractivity contribution >= 4 is 11.8 Å². The van der Waals surface area contributed by atoms with Gasteiger partial charge < -0.3 is 0 Å². The summed E-state index contributed by atoms with van der Waals surface area (Å²) in [6, 6.07) is 20.5. The number of alkyl halides is 3. The molecule has 162 valence electrons. The molecule has 0 bridgehead atoms. The standard InChI is InChI=1S/C24H16F4N2OS/c25-19-10-6-18(7-11-19)22-21(17-8-12-20(13-9-17)32-24(26,27)28)14-29-30(23(22)31)15-16-4-2-1-3-5-16/h1-14H,15H2. The molecule has 1 aromatic heterocycles. The Morgan fingerprint density at radius 1 is 0.844 bits per heavy atom. The molecule has 0 N–H and O–H groups in total. The van der Waals surface area contributed by atoms with E-state index < -0.39 is 11.3 Å². The highest BCUT2D eigenvalue weighted by molar-refractivity contribution is 8.00. The quantitative estimate of drug-likeness (QED) is 0.258. The fourth-order valence-corrected chi connectivity index (χ4v) is 3.85. The van der Waals surface area contributed by atoms with Crippen LogP contribution in [0.5, 0.6) is 0 Å². The van der Waals surface area contributed by atoms with E-state index in [1.807, 2.05) is 30.3 Å². The van der Waals surface area contributed by atoms with Crippen molar-refractivity contribution < 1.29 is 17.6 Å². The topological polar surface area (TPSA) is 34.9 Å². The molecule has 0 spiro atoms. The van der Waals surface area contributed by atoms with Crippen LogP contribution in [0.15, 0.2) is 94.7 Å². The van der Waals surface area contributed by atoms with E-state index in [-0.39, 0.29) is 28.8 Å². The maximum atomic E-state index is 13.5. The highest BCUT2D eigenvalue weighted by Gasteiger charge is 2.29. The Hall–Kier alpha value is -3.39. The number of rotatable bonds is 5. The minimum absolute atomic E-state index is 0.0370. The van der Waals surface area contributed by atoms with Crippen molar-refractivity contribution in [3.8, 4) is 22.3 Å². The Morgan fingerprint density at radius 3 is 2.09 bits per heavy atom. The van der Waals surface area contributed by atoms with Crippen LogP contribution < -0.4 is 5.56 Å². The van der Waals surface area contributed by atoms with E-state index in [4.69, 9.17) is 0 Å². The number of halogens is 4. The smallest absolute Gasteiger partial charge is 0.267 e. The predicted molar refractivity (Wildman–Crippen MR) is 117 cm³/mol. The van der Waals surface area contributed by atoms with Crippen LogP contribution in [0, 0.1) is 5.82 Å². The van der Waals surface area contributed by atoms with Gasteiger partial charge in [-0.2, -0.15) is 18.3 Å². The Bertz CT molecular complexity index is 1270. The van der Waals surface area contributed by atoms with E-state index in [0.29, 0.717) is 22.3 Å². The summed E-state index contributed by atoms with van der Waals surface area (Å²) in [6.07, 6.45) is 1.51. The highest BCUT2D eigenvalue weighted by atomic mass is 32.2. The van der Waals surface area contributed by atoms with Crippen LogP contribution in [-0.2, 0) is 6.54 Å². The normalized spacial score (nSPS) is 11.5. The van der Waals surface area contributed by atoms with Crippen molar-refractivity contribution in [3.63, 3.8) is 0 Å². The number of nitrogens with zero attached hydrogens (tertiary/aromatic N) is 2. The van der Waals surface area contributed by atoms with Crippen molar-refractivity contribution in [2.45, 2.75) is 16.9 Å². The molecule has 0 amide bonds. The maximum Gasteiger partial charge on any atom is 0.446 e. The molecule has 0 radical (unpaired) electrons. The summed E-state index contributed by atoms with van der Waals surface area (Å²) in [4.78, 5) is 13.4. The summed E-state index contributed by atoms with van der Waals surface area (Å²) in [5, 5.41) is 4.28. The van der Waals surface area contributed by atoms with Crippen LogP contribution in [0.2, 0.25) is 0 Å². The molecule has 0 saturated carbocycles. The van der Waals surface area contributed by atoms with E-state index in [2.05, 4.69) is 5.10 Å². The third kappa shape index (κ3) is 5.08. The molecule has 32 heavy (non-hydrogen) atoms. The first kappa shape index (κ1) is 21.8. The molecule has 8 heteroatoms. The van der Waals surface area contributed by atoms with Gasteiger partial charge in [-0.3, -0.25) is 4.79 Å². The molecule has 0 aliphatic heterocycles. The van der Waals surface area contributed by atoms with Gasteiger partial charge in [-0.25, -0.2) is 9.07 Å². The summed E-state index contributed by atoms with van der Waals surface area (Å²) >= 11 is -0.209. The lowest BCUT2D eigenvalue weighted by molar-refractivity contribution is -0.0328. The van der Waals surface area contributed by atoms with Gasteiger partial charge in [0.25, 0.3) is 5.56 Å². The molecule has 0 atom stereocenters. The fourth-order valence-electron chi connectivity index (χ4n) is 3.31. The van der Waals surface area contributed by atoms with Crippen molar-refractivity contribution in [1.82, 2.24) is 9.78 Å². The van der Waals surface area contributed by atoms with E-state index in [1.165, 1.54) is 59.4 Å². The Labute approximate surface area is 185 Å². The van der Waals surface area contributed by atoms with Gasteiger partial charge in [0, 0.05) is 10.5 Å². The van der Waals surface area contributed by atoms with Crippen molar-refractivity contribution in [2.24, 2.45) is 0 Å². The third-order valence-corrected chi connectivity index (χ3v) is 5.49. The van der Waals surface area contributed by atoms with Crippen LogP contribution >= 0.6 is 11.8 Å². The van der Waals surface area contributed by atoms with Gasteiger partial charge in [0.15, 0.2) is 0 Å². The first-order valence-electron chi connectivity index (χ1n) is 9.56. The lowest BCUT2D eigenvalue weighted by Crippen LogP contribution is -2.25. The van der Waals surface area contributed by atoms with Crippen molar-refractivity contribution in [3.05, 3.63) is 107 Å². The number of benzene rings is 3. The second-order valence-electron chi connectivity index (χ2n) is 6.96. The molecule has 1 heterocycles. The fraction of sp³-hybridized carbons (Fsp3) is 0.0833. The van der Waals surface area contributed by atoms with Gasteiger partial charge in [0.1, 0.15) is 5.82 Å². The second-order valence-corrected chi connectivity index (χ2v) is 8.10. The van der Waals surface area contributed by atoms with Crippen molar-refractivity contribution in [1.29, 1.82) is 0 Å². The molecular weight excluding hydrogens is 440 g/mol. The minimum atomic E-state index is -4.39. The molecule has 0 fully saturated rings. The van der Waals surface area contributed by atoms with Gasteiger partial charge in [-0.05, 0) is 52.7 Å². The first-order valence-corrected chi connectivity index (χ1v) is 10.4. The van der Waals surface area contributed by atoms with Crippen LogP contribution in [-0.4, -0.2) is 15.3 Å². The largest absolute Gasteiger partial charge is 0.446 e. The lowest BCUT2D eigenvalue weighted by atomic mass is 9.97. The molecule has 3 nitrogen and oxygen atoms in total. The van der Waals surface area contributed by atoms with Crippen LogP contribution in [0.1, 0.15) is 5.56 Å². The van der Waals surface area contributed by atoms with Gasteiger partial charge in [0.2, 0.25) is 0 Å². The molecule has 0 saturated heterocycles. The minimum Gasteiger partial charge on any atom is -0.267 e. The third-order valence-electron chi connectivity index (χ3n) is 4.75. The zero-order valence-corrected chi connectivity index (χ0v) is 17.3. The molecule has 0 unspecified atom stereocenters. The average Bonchev–Trinajstić information content (AvgIpc) is 2.76. The van der Waals surface area contributed by atoms with E-state index in [1.54, 1.807) is 0 Å². The predicted octanol–water partition coefficient (Wildman–Crippen LogP) is 6.38. The summed E-state index contributed by atoms with van der Waals surface area (Å²) in [5.74, 6) is -0.442. The number of aromatic nitrogens is 2. The molecular formula is C24H16F4N2OS. The summed E-state index contributed by atoms with van der Waals surface area (Å²) in [7, 11) is 0. The molecule has 4 aromatic rings. The number of hydrogen-bond donors (Lipinski definition) is 0. The number of thioether (sulfide) groups is 1. The molecule has 3 aromatic carbocycles. The number of hydrogen-bond acceptors (Lipinski definition) is 3. The first-order chi connectivity index (χ1) is 15.3. The van der Waals surface area contributed by atoms with Crippen molar-refractivity contribution in [2.75, 3.05) is 0 Å².